The van der Waals surface area contributed by atoms with E-state index in [2.05, 4.69) is 15.4 Å². The van der Waals surface area contributed by atoms with E-state index in [1.807, 2.05) is 31.0 Å². The lowest BCUT2D eigenvalue weighted by Gasteiger charge is -2.14. The van der Waals surface area contributed by atoms with Crippen molar-refractivity contribution in [3.8, 4) is 0 Å². The molecule has 17 heavy (non-hydrogen) atoms. The molecule has 2 heterocycles. The summed E-state index contributed by atoms with van der Waals surface area (Å²) in [6, 6.07) is 0.0962. The predicted molar refractivity (Wildman–Crippen MR) is 67.0 cm³/mol. The molecule has 1 atom stereocenters. The van der Waals surface area contributed by atoms with Gasteiger partial charge in [-0.05, 0) is 0 Å². The van der Waals surface area contributed by atoms with E-state index in [1.165, 1.54) is 0 Å². The van der Waals surface area contributed by atoms with Crippen LogP contribution in [-0.2, 0) is 11.8 Å². The molecule has 1 unspecified atom stereocenters. The third kappa shape index (κ3) is 3.12. The average molecular weight is 252 g/mol. The number of ether oxygens (including phenoxy) is 1. The highest BCUT2D eigenvalue weighted by Gasteiger charge is 2.17. The lowest BCUT2D eigenvalue weighted by molar-refractivity contribution is 0.197. The van der Waals surface area contributed by atoms with E-state index >= 15 is 0 Å². The van der Waals surface area contributed by atoms with Crippen molar-refractivity contribution in [2.45, 2.75) is 6.04 Å². The molecule has 0 saturated heterocycles. The van der Waals surface area contributed by atoms with Gasteiger partial charge in [0.15, 0.2) is 0 Å². The van der Waals surface area contributed by atoms with Gasteiger partial charge in [-0.2, -0.15) is 5.10 Å². The topological polar surface area (TPSA) is 52.0 Å². The third-order valence-corrected chi connectivity index (χ3v) is 3.25. The number of methoxy groups -OCH3 is 1. The van der Waals surface area contributed by atoms with Crippen LogP contribution in [0, 0.1) is 0 Å². The molecule has 0 amide bonds. The summed E-state index contributed by atoms with van der Waals surface area (Å²) < 4.78 is 6.85. The van der Waals surface area contributed by atoms with Crippen molar-refractivity contribution in [1.29, 1.82) is 0 Å². The molecule has 0 aromatic carbocycles. The van der Waals surface area contributed by atoms with Crippen LogP contribution in [0.4, 0.5) is 0 Å². The molecular weight excluding hydrogens is 236 g/mol. The zero-order valence-electron chi connectivity index (χ0n) is 9.96. The van der Waals surface area contributed by atoms with Crippen molar-refractivity contribution in [3.05, 3.63) is 34.5 Å². The molecule has 0 aliphatic carbocycles. The van der Waals surface area contributed by atoms with Crippen LogP contribution < -0.4 is 5.32 Å². The number of aromatic nitrogens is 3. The van der Waals surface area contributed by atoms with Crippen molar-refractivity contribution in [2.24, 2.45) is 7.05 Å². The van der Waals surface area contributed by atoms with Crippen molar-refractivity contribution < 1.29 is 4.74 Å². The highest BCUT2D eigenvalue weighted by atomic mass is 32.1. The lowest BCUT2D eigenvalue weighted by atomic mass is 10.2. The minimum Gasteiger partial charge on any atom is -0.383 e. The van der Waals surface area contributed by atoms with Gasteiger partial charge in [-0.1, -0.05) is 0 Å². The molecule has 0 fully saturated rings. The van der Waals surface area contributed by atoms with Crippen LogP contribution in [0.15, 0.2) is 24.0 Å². The van der Waals surface area contributed by atoms with Crippen LogP contribution >= 0.6 is 11.3 Å². The minimum absolute atomic E-state index is 0.0962. The van der Waals surface area contributed by atoms with Gasteiger partial charge in [0.05, 0.1) is 18.8 Å². The van der Waals surface area contributed by atoms with E-state index in [4.69, 9.17) is 4.74 Å². The first-order chi connectivity index (χ1) is 8.31. The van der Waals surface area contributed by atoms with Gasteiger partial charge >= 0.3 is 0 Å². The zero-order valence-corrected chi connectivity index (χ0v) is 10.8. The van der Waals surface area contributed by atoms with Gasteiger partial charge in [0.1, 0.15) is 5.01 Å². The maximum Gasteiger partial charge on any atom is 0.114 e. The summed E-state index contributed by atoms with van der Waals surface area (Å²) in [6.07, 6.45) is 5.69. The van der Waals surface area contributed by atoms with Gasteiger partial charge in [0.2, 0.25) is 0 Å². The summed E-state index contributed by atoms with van der Waals surface area (Å²) in [5, 5.41) is 10.7. The number of thiazole rings is 1. The molecule has 1 N–H and O–H groups in total. The van der Waals surface area contributed by atoms with Crippen LogP contribution in [0.5, 0.6) is 0 Å². The summed E-state index contributed by atoms with van der Waals surface area (Å²) in [7, 11) is 3.61. The number of rotatable bonds is 6. The second-order valence-corrected chi connectivity index (χ2v) is 4.62. The van der Waals surface area contributed by atoms with E-state index < -0.39 is 0 Å². The Labute approximate surface area is 104 Å². The van der Waals surface area contributed by atoms with Gasteiger partial charge < -0.3 is 10.1 Å². The quantitative estimate of drug-likeness (QED) is 0.785. The van der Waals surface area contributed by atoms with Gasteiger partial charge in [0, 0.05) is 44.0 Å². The second kappa shape index (κ2) is 5.90. The average Bonchev–Trinajstić information content (AvgIpc) is 2.96. The Morgan fingerprint density at radius 1 is 1.59 bits per heavy atom. The fraction of sp³-hybridized carbons (Fsp3) is 0.455. The van der Waals surface area contributed by atoms with Crippen LogP contribution in [-0.4, -0.2) is 35.0 Å². The molecule has 0 aliphatic heterocycles. The standard InChI is InChI=1S/C11H16N4OS/c1-15-8-9(7-14-15)10(12-3-5-16-2)11-13-4-6-17-11/h4,6-8,10,12H,3,5H2,1-2H3. The molecule has 0 aliphatic rings. The molecule has 2 rings (SSSR count). The molecule has 6 heteroatoms. The Morgan fingerprint density at radius 3 is 3.06 bits per heavy atom. The molecular formula is C11H16N4OS. The molecule has 92 valence electrons. The van der Waals surface area contributed by atoms with Crippen molar-refractivity contribution in [1.82, 2.24) is 20.1 Å². The van der Waals surface area contributed by atoms with Gasteiger partial charge in [-0.25, -0.2) is 4.98 Å². The van der Waals surface area contributed by atoms with Gasteiger partial charge in [-0.3, -0.25) is 4.68 Å². The second-order valence-electron chi connectivity index (χ2n) is 3.70. The Balaban J connectivity index is 2.13. The van der Waals surface area contributed by atoms with E-state index in [0.29, 0.717) is 6.61 Å². The van der Waals surface area contributed by atoms with Gasteiger partial charge in [-0.15, -0.1) is 11.3 Å². The van der Waals surface area contributed by atoms with Crippen LogP contribution in [0.25, 0.3) is 0 Å². The maximum absolute atomic E-state index is 5.05. The number of hydrogen-bond donors (Lipinski definition) is 1. The first-order valence-corrected chi connectivity index (χ1v) is 6.29. The lowest BCUT2D eigenvalue weighted by Crippen LogP contribution is -2.25. The Bertz CT molecular complexity index is 440. The Hall–Kier alpha value is -1.24. The number of hydrogen-bond acceptors (Lipinski definition) is 5. The van der Waals surface area contributed by atoms with E-state index in [1.54, 1.807) is 23.1 Å². The molecule has 0 radical (unpaired) electrons. The van der Waals surface area contributed by atoms with Gasteiger partial charge in [0.25, 0.3) is 0 Å². The Kier molecular flexibility index (Phi) is 4.24. The van der Waals surface area contributed by atoms with E-state index in [0.717, 1.165) is 17.1 Å². The zero-order chi connectivity index (χ0) is 12.1. The van der Waals surface area contributed by atoms with Crippen molar-refractivity contribution >= 4 is 11.3 Å². The van der Waals surface area contributed by atoms with Crippen LogP contribution in [0.3, 0.4) is 0 Å². The first-order valence-electron chi connectivity index (χ1n) is 5.41. The maximum atomic E-state index is 5.05. The van der Waals surface area contributed by atoms with Crippen molar-refractivity contribution in [2.75, 3.05) is 20.3 Å². The SMILES string of the molecule is COCCNC(c1cnn(C)c1)c1nccs1. The van der Waals surface area contributed by atoms with E-state index in [9.17, 15) is 0 Å². The molecule has 5 nitrogen and oxygen atoms in total. The normalized spacial score (nSPS) is 12.8. The summed E-state index contributed by atoms with van der Waals surface area (Å²) in [5.41, 5.74) is 1.12. The fourth-order valence-corrected chi connectivity index (χ4v) is 2.36. The predicted octanol–water partition coefficient (Wildman–Crippen LogP) is 1.20. The fourth-order valence-electron chi connectivity index (χ4n) is 1.62. The molecule has 2 aromatic rings. The highest BCUT2D eigenvalue weighted by molar-refractivity contribution is 7.09. The summed E-state index contributed by atoms with van der Waals surface area (Å²) in [4.78, 5) is 4.36. The summed E-state index contributed by atoms with van der Waals surface area (Å²) >= 11 is 1.64. The van der Waals surface area contributed by atoms with Crippen molar-refractivity contribution in [3.63, 3.8) is 0 Å². The highest BCUT2D eigenvalue weighted by Crippen LogP contribution is 2.22. The molecule has 0 spiro atoms. The number of nitrogens with zero attached hydrogens (tertiary/aromatic N) is 3. The Morgan fingerprint density at radius 2 is 2.47 bits per heavy atom. The molecule has 0 bridgehead atoms. The summed E-state index contributed by atoms with van der Waals surface area (Å²) in [6.45, 7) is 1.47. The minimum atomic E-state index is 0.0962. The third-order valence-electron chi connectivity index (χ3n) is 2.41. The van der Waals surface area contributed by atoms with Crippen LogP contribution in [0.2, 0.25) is 0 Å². The molecule has 2 aromatic heterocycles. The summed E-state index contributed by atoms with van der Waals surface area (Å²) in [5.74, 6) is 0. The molecule has 0 saturated carbocycles. The van der Waals surface area contributed by atoms with E-state index in [-0.39, 0.29) is 6.04 Å². The number of aryl methyl sites for hydroxylation is 1. The largest absolute Gasteiger partial charge is 0.383 e. The monoisotopic (exact) mass is 252 g/mol. The smallest absolute Gasteiger partial charge is 0.114 e. The number of nitrogens with one attached hydrogen (secondary N) is 1. The van der Waals surface area contributed by atoms with Crippen LogP contribution in [0.1, 0.15) is 16.6 Å². The first kappa shape index (κ1) is 12.2.